The molecule has 1 aromatic carbocycles. The van der Waals surface area contributed by atoms with Gasteiger partial charge in [0.05, 0.1) is 10.7 Å². The number of nitrogens with zero attached hydrogens (tertiary/aromatic N) is 1. The first-order chi connectivity index (χ1) is 9.75. The topological polar surface area (TPSA) is 70.4 Å². The monoisotopic (exact) mass is 327 g/mol. The number of hydrogen-bond donors (Lipinski definition) is 2. The van der Waals surface area contributed by atoms with Gasteiger partial charge in [-0.1, -0.05) is 37.6 Å². The van der Waals surface area contributed by atoms with Gasteiger partial charge in [-0.15, -0.1) is 0 Å². The highest BCUT2D eigenvalue weighted by Gasteiger charge is 2.47. The van der Waals surface area contributed by atoms with Crippen LogP contribution in [0.5, 0.6) is 0 Å². The highest BCUT2D eigenvalue weighted by Crippen LogP contribution is 2.62. The summed E-state index contributed by atoms with van der Waals surface area (Å²) in [4.78, 5) is 24.0. The lowest BCUT2D eigenvalue weighted by atomic mass is 9.93. The maximum Gasteiger partial charge on any atom is 0.336 e. The number of halogens is 1. The van der Waals surface area contributed by atoms with Gasteiger partial charge in [-0.3, -0.25) is 4.57 Å². The lowest BCUT2D eigenvalue weighted by Gasteiger charge is -2.33. The van der Waals surface area contributed by atoms with E-state index in [9.17, 15) is 14.4 Å². The Morgan fingerprint density at radius 2 is 1.86 bits per heavy atom. The number of hydrogen-bond acceptors (Lipinski definition) is 2. The molecule has 0 spiro atoms. The van der Waals surface area contributed by atoms with Crippen molar-refractivity contribution in [3.63, 3.8) is 0 Å². The van der Waals surface area contributed by atoms with Crippen LogP contribution in [0.2, 0.25) is 5.15 Å². The summed E-state index contributed by atoms with van der Waals surface area (Å²) in [6.07, 6.45) is 0.596. The Balaban J connectivity index is 2.78. The molecule has 4 nitrogen and oxygen atoms in total. The summed E-state index contributed by atoms with van der Waals surface area (Å²) in [5, 5.41) is -0.282. The molecule has 114 valence electrons. The summed E-state index contributed by atoms with van der Waals surface area (Å²) >= 11 is 6.25. The molecule has 0 aliphatic rings. The van der Waals surface area contributed by atoms with Gasteiger partial charge in [0.25, 0.3) is 0 Å². The number of pyridine rings is 1. The SMILES string of the molecule is CCC(CC)(c1cc2ccc(C)cc2nc1Cl)P(=O)(O)O. The molecule has 0 aliphatic heterocycles. The van der Waals surface area contributed by atoms with Gasteiger partial charge in [0.2, 0.25) is 0 Å². The third-order valence-corrected chi connectivity index (χ3v) is 6.43. The zero-order chi connectivity index (χ0) is 15.8. The fourth-order valence-electron chi connectivity index (χ4n) is 2.78. The summed E-state index contributed by atoms with van der Waals surface area (Å²) < 4.78 is 12.1. The van der Waals surface area contributed by atoms with Crippen LogP contribution >= 0.6 is 19.2 Å². The summed E-state index contributed by atoms with van der Waals surface area (Å²) in [6, 6.07) is 7.50. The molecule has 0 saturated heterocycles. The molecule has 0 unspecified atom stereocenters. The largest absolute Gasteiger partial charge is 0.336 e. The Bertz CT molecular complexity index is 722. The molecule has 2 rings (SSSR count). The van der Waals surface area contributed by atoms with E-state index in [2.05, 4.69) is 4.98 Å². The van der Waals surface area contributed by atoms with E-state index in [0.717, 1.165) is 16.5 Å². The third-order valence-electron chi connectivity index (χ3n) is 4.16. The van der Waals surface area contributed by atoms with Gasteiger partial charge in [-0.25, -0.2) is 4.98 Å². The molecule has 21 heavy (non-hydrogen) atoms. The summed E-state index contributed by atoms with van der Waals surface area (Å²) in [6.45, 7) is 5.48. The van der Waals surface area contributed by atoms with Crippen LogP contribution in [-0.2, 0) is 9.72 Å². The molecule has 1 heterocycles. The fourth-order valence-corrected chi connectivity index (χ4v) is 4.48. The predicted octanol–water partition coefficient (Wildman–Crippen LogP) is 4.39. The molecule has 2 aromatic rings. The Hall–Kier alpha value is -0.930. The number of benzene rings is 1. The third kappa shape index (κ3) is 2.74. The van der Waals surface area contributed by atoms with Crippen molar-refractivity contribution < 1.29 is 14.4 Å². The van der Waals surface area contributed by atoms with Crippen LogP contribution in [0.25, 0.3) is 10.9 Å². The van der Waals surface area contributed by atoms with E-state index in [1.807, 2.05) is 25.1 Å². The Morgan fingerprint density at radius 3 is 2.38 bits per heavy atom. The Morgan fingerprint density at radius 1 is 1.24 bits per heavy atom. The van der Waals surface area contributed by atoms with E-state index in [4.69, 9.17) is 11.6 Å². The van der Waals surface area contributed by atoms with Crippen LogP contribution in [0.1, 0.15) is 37.8 Å². The molecule has 0 radical (unpaired) electrons. The van der Waals surface area contributed by atoms with Crippen LogP contribution in [0, 0.1) is 6.92 Å². The molecule has 0 bridgehead atoms. The van der Waals surface area contributed by atoms with Gasteiger partial charge in [0.1, 0.15) is 5.15 Å². The zero-order valence-electron chi connectivity index (χ0n) is 12.3. The molecule has 0 atom stereocenters. The van der Waals surface area contributed by atoms with Crippen molar-refractivity contribution in [1.29, 1.82) is 0 Å². The molecule has 0 fully saturated rings. The van der Waals surface area contributed by atoms with Crippen molar-refractivity contribution in [2.24, 2.45) is 0 Å². The molecule has 0 saturated carbocycles. The Kier molecular flexibility index (Phi) is 4.46. The highest BCUT2D eigenvalue weighted by molar-refractivity contribution is 7.53. The zero-order valence-corrected chi connectivity index (χ0v) is 13.9. The maximum absolute atomic E-state index is 12.1. The second-order valence-corrected chi connectivity index (χ2v) is 7.61. The van der Waals surface area contributed by atoms with Crippen molar-refractivity contribution in [3.8, 4) is 0 Å². The van der Waals surface area contributed by atoms with Gasteiger partial charge >= 0.3 is 7.60 Å². The van der Waals surface area contributed by atoms with E-state index in [-0.39, 0.29) is 5.15 Å². The fraction of sp³-hybridized carbons (Fsp3) is 0.400. The van der Waals surface area contributed by atoms with E-state index in [0.29, 0.717) is 18.4 Å². The lowest BCUT2D eigenvalue weighted by Crippen LogP contribution is -2.25. The number of aryl methyl sites for hydroxylation is 1. The molecule has 0 amide bonds. The summed E-state index contributed by atoms with van der Waals surface area (Å²) in [7, 11) is -4.37. The number of rotatable bonds is 4. The van der Waals surface area contributed by atoms with Gasteiger partial charge in [-0.05, 0) is 37.5 Å². The van der Waals surface area contributed by atoms with E-state index >= 15 is 0 Å². The van der Waals surface area contributed by atoms with Crippen LogP contribution in [0.4, 0.5) is 0 Å². The van der Waals surface area contributed by atoms with Gasteiger partial charge in [0.15, 0.2) is 0 Å². The second kappa shape index (κ2) is 5.69. The van der Waals surface area contributed by atoms with Crippen molar-refractivity contribution in [2.45, 2.75) is 38.8 Å². The molecule has 0 aliphatic carbocycles. The average Bonchev–Trinajstić information content (AvgIpc) is 2.39. The van der Waals surface area contributed by atoms with Crippen molar-refractivity contribution >= 4 is 30.1 Å². The highest BCUT2D eigenvalue weighted by atomic mass is 35.5. The smallest absolute Gasteiger partial charge is 0.324 e. The first kappa shape index (κ1) is 16.4. The first-order valence-corrected chi connectivity index (χ1v) is 8.87. The van der Waals surface area contributed by atoms with Crippen LogP contribution < -0.4 is 0 Å². The van der Waals surface area contributed by atoms with Gasteiger partial charge < -0.3 is 9.79 Å². The minimum Gasteiger partial charge on any atom is -0.324 e. The maximum atomic E-state index is 12.1. The molecule has 2 N–H and O–H groups in total. The van der Waals surface area contributed by atoms with Crippen LogP contribution in [0.15, 0.2) is 24.3 Å². The number of fused-ring (bicyclic) bond motifs is 1. The second-order valence-electron chi connectivity index (χ2n) is 5.31. The van der Waals surface area contributed by atoms with Crippen LogP contribution in [0.3, 0.4) is 0 Å². The van der Waals surface area contributed by atoms with E-state index < -0.39 is 12.8 Å². The molecule has 6 heteroatoms. The van der Waals surface area contributed by atoms with E-state index in [1.54, 1.807) is 19.9 Å². The van der Waals surface area contributed by atoms with Gasteiger partial charge in [0, 0.05) is 10.9 Å². The minimum absolute atomic E-state index is 0.167. The average molecular weight is 328 g/mol. The van der Waals surface area contributed by atoms with E-state index in [1.165, 1.54) is 0 Å². The normalized spacial score (nSPS) is 12.9. The lowest BCUT2D eigenvalue weighted by molar-refractivity contribution is 0.315. The summed E-state index contributed by atoms with van der Waals surface area (Å²) in [5.41, 5.74) is 2.22. The molecular formula is C15H19ClNO3P. The minimum atomic E-state index is -4.37. The van der Waals surface area contributed by atoms with Crippen molar-refractivity contribution in [2.75, 3.05) is 0 Å². The first-order valence-electron chi connectivity index (χ1n) is 6.88. The van der Waals surface area contributed by atoms with Crippen molar-refractivity contribution in [1.82, 2.24) is 4.98 Å². The molecular weight excluding hydrogens is 309 g/mol. The Labute approximate surface area is 129 Å². The predicted molar refractivity (Wildman–Crippen MR) is 85.8 cm³/mol. The quantitative estimate of drug-likeness (QED) is 0.645. The van der Waals surface area contributed by atoms with Crippen LogP contribution in [-0.4, -0.2) is 14.8 Å². The van der Waals surface area contributed by atoms with Crippen molar-refractivity contribution in [3.05, 3.63) is 40.5 Å². The molecule has 1 aromatic heterocycles. The van der Waals surface area contributed by atoms with Gasteiger partial charge in [-0.2, -0.15) is 0 Å². The standard InChI is InChI=1S/C15H19ClNO3P/c1-4-15(5-2,21(18,19)20)12-9-11-7-6-10(3)8-13(11)17-14(12)16/h6-9H,4-5H2,1-3H3,(H2,18,19,20). The number of aromatic nitrogens is 1. The summed E-state index contributed by atoms with van der Waals surface area (Å²) in [5.74, 6) is 0.